The van der Waals surface area contributed by atoms with E-state index in [4.69, 9.17) is 9.78 Å². The van der Waals surface area contributed by atoms with Gasteiger partial charge in [-0.25, -0.2) is 0 Å². The van der Waals surface area contributed by atoms with E-state index in [1.807, 2.05) is 18.2 Å². The Kier molecular flexibility index (Phi) is 1.59. The maximum absolute atomic E-state index is 8.63. The Hall–Kier alpha value is -1.34. The van der Waals surface area contributed by atoms with Crippen molar-refractivity contribution in [2.75, 3.05) is 0 Å². The molecule has 1 aromatic carbocycles. The second-order valence-electron chi connectivity index (χ2n) is 2.28. The Morgan fingerprint density at radius 3 is 3.08 bits per heavy atom. The first-order valence-electron chi connectivity index (χ1n) is 3.26. The molecule has 0 bridgehead atoms. The molecule has 0 aliphatic carbocycles. The van der Waals surface area contributed by atoms with Gasteiger partial charge in [0, 0.05) is 4.47 Å². The lowest BCUT2D eigenvalue weighted by Gasteiger charge is -1.87. The highest BCUT2D eigenvalue weighted by atomic mass is 79.9. The summed E-state index contributed by atoms with van der Waals surface area (Å²) in [5, 5.41) is 13.0. The van der Waals surface area contributed by atoms with Gasteiger partial charge in [0.25, 0.3) is 0 Å². The van der Waals surface area contributed by atoms with Gasteiger partial charge in [-0.05, 0) is 18.2 Å². The summed E-state index contributed by atoms with van der Waals surface area (Å²) in [5.74, 6) is 0. The smallest absolute Gasteiger partial charge is 0.191 e. The van der Waals surface area contributed by atoms with Gasteiger partial charge < -0.3 is 4.52 Å². The molecule has 1 aromatic heterocycles. The van der Waals surface area contributed by atoms with Crippen LogP contribution in [0.2, 0.25) is 0 Å². The monoisotopic (exact) mass is 222 g/mol. The summed E-state index contributed by atoms with van der Waals surface area (Å²) in [5.41, 5.74) is 0.959. The lowest BCUT2D eigenvalue weighted by Crippen LogP contribution is -1.71. The molecule has 0 aliphatic rings. The number of rotatable bonds is 0. The summed E-state index contributed by atoms with van der Waals surface area (Å²) < 4.78 is 5.81. The number of nitrogens with zero attached hydrogens (tertiary/aromatic N) is 2. The number of halogens is 1. The van der Waals surface area contributed by atoms with Crippen molar-refractivity contribution in [3.8, 4) is 6.07 Å². The lowest BCUT2D eigenvalue weighted by atomic mass is 10.2. The summed E-state index contributed by atoms with van der Waals surface area (Å²) in [7, 11) is 0. The predicted molar refractivity (Wildman–Crippen MR) is 46.4 cm³/mol. The van der Waals surface area contributed by atoms with E-state index in [-0.39, 0.29) is 0 Å². The zero-order valence-corrected chi connectivity index (χ0v) is 7.50. The normalized spacial score (nSPS) is 10.0. The minimum atomic E-state index is 0.325. The minimum Gasteiger partial charge on any atom is -0.355 e. The molecule has 58 valence electrons. The van der Waals surface area contributed by atoms with E-state index in [0.29, 0.717) is 11.3 Å². The zero-order valence-electron chi connectivity index (χ0n) is 5.91. The van der Waals surface area contributed by atoms with Crippen molar-refractivity contribution in [1.29, 1.82) is 5.26 Å². The SMILES string of the molecule is N#Cc1noc2ccc(Br)cc12. The van der Waals surface area contributed by atoms with Crippen molar-refractivity contribution in [2.45, 2.75) is 0 Å². The van der Waals surface area contributed by atoms with Crippen LogP contribution < -0.4 is 0 Å². The van der Waals surface area contributed by atoms with Crippen LogP contribution in [-0.4, -0.2) is 5.16 Å². The van der Waals surface area contributed by atoms with Gasteiger partial charge in [-0.3, -0.25) is 0 Å². The molecule has 0 spiro atoms. The molecule has 0 saturated heterocycles. The molecule has 0 radical (unpaired) electrons. The fraction of sp³-hybridized carbons (Fsp3) is 0. The maximum Gasteiger partial charge on any atom is 0.191 e. The van der Waals surface area contributed by atoms with Crippen LogP contribution in [0.15, 0.2) is 27.2 Å². The summed E-state index contributed by atoms with van der Waals surface area (Å²) in [6, 6.07) is 7.37. The Bertz CT molecular complexity index is 469. The van der Waals surface area contributed by atoms with Gasteiger partial charge in [0.1, 0.15) is 6.07 Å². The van der Waals surface area contributed by atoms with Gasteiger partial charge in [-0.1, -0.05) is 21.1 Å². The second kappa shape index (κ2) is 2.61. The van der Waals surface area contributed by atoms with Crippen LogP contribution >= 0.6 is 15.9 Å². The van der Waals surface area contributed by atoms with Crippen molar-refractivity contribution in [3.63, 3.8) is 0 Å². The molecule has 1 heterocycles. The van der Waals surface area contributed by atoms with Crippen LogP contribution in [0.25, 0.3) is 11.0 Å². The van der Waals surface area contributed by atoms with E-state index in [0.717, 1.165) is 9.86 Å². The van der Waals surface area contributed by atoms with Crippen LogP contribution in [0.3, 0.4) is 0 Å². The molecule has 2 rings (SSSR count). The third-order valence-corrected chi connectivity index (χ3v) is 2.03. The molecule has 0 aliphatic heterocycles. The van der Waals surface area contributed by atoms with Gasteiger partial charge in [-0.2, -0.15) is 5.26 Å². The maximum atomic E-state index is 8.63. The fourth-order valence-corrected chi connectivity index (χ4v) is 1.35. The average molecular weight is 223 g/mol. The Labute approximate surface area is 76.7 Å². The van der Waals surface area contributed by atoms with Crippen LogP contribution in [0.4, 0.5) is 0 Å². The van der Waals surface area contributed by atoms with E-state index in [2.05, 4.69) is 21.1 Å². The van der Waals surface area contributed by atoms with Crippen molar-refractivity contribution < 1.29 is 4.52 Å². The Balaban J connectivity index is 2.86. The van der Waals surface area contributed by atoms with E-state index in [1.54, 1.807) is 6.07 Å². The minimum absolute atomic E-state index is 0.325. The summed E-state index contributed by atoms with van der Waals surface area (Å²) in [6.45, 7) is 0. The van der Waals surface area contributed by atoms with Gasteiger partial charge in [0.15, 0.2) is 11.3 Å². The second-order valence-corrected chi connectivity index (χ2v) is 3.20. The van der Waals surface area contributed by atoms with Gasteiger partial charge in [0.2, 0.25) is 0 Å². The van der Waals surface area contributed by atoms with Crippen molar-refractivity contribution in [2.24, 2.45) is 0 Å². The number of aromatic nitrogens is 1. The molecule has 0 fully saturated rings. The van der Waals surface area contributed by atoms with Gasteiger partial charge in [0.05, 0.1) is 5.39 Å². The standard InChI is InChI=1S/C8H3BrN2O/c9-5-1-2-8-6(3-5)7(4-10)11-12-8/h1-3H. The number of hydrogen-bond donors (Lipinski definition) is 0. The van der Waals surface area contributed by atoms with Crippen molar-refractivity contribution in [1.82, 2.24) is 5.16 Å². The van der Waals surface area contributed by atoms with E-state index in [9.17, 15) is 0 Å². The summed E-state index contributed by atoms with van der Waals surface area (Å²) in [6.07, 6.45) is 0. The lowest BCUT2D eigenvalue weighted by molar-refractivity contribution is 0.454. The third-order valence-electron chi connectivity index (χ3n) is 1.54. The van der Waals surface area contributed by atoms with Gasteiger partial charge in [-0.15, -0.1) is 0 Å². The van der Waals surface area contributed by atoms with Crippen LogP contribution in [-0.2, 0) is 0 Å². The highest BCUT2D eigenvalue weighted by molar-refractivity contribution is 9.10. The molecule has 2 aromatic rings. The number of fused-ring (bicyclic) bond motifs is 1. The third kappa shape index (κ3) is 0.990. The highest BCUT2D eigenvalue weighted by Crippen LogP contribution is 2.21. The first-order valence-corrected chi connectivity index (χ1v) is 4.05. The summed E-state index contributed by atoms with van der Waals surface area (Å²) >= 11 is 3.30. The molecular weight excluding hydrogens is 220 g/mol. The van der Waals surface area contributed by atoms with Crippen LogP contribution in [0, 0.1) is 11.3 Å². The molecular formula is C8H3BrN2O. The Morgan fingerprint density at radius 2 is 2.33 bits per heavy atom. The first kappa shape index (κ1) is 7.32. The van der Waals surface area contributed by atoms with Crippen LogP contribution in [0.5, 0.6) is 0 Å². The summed E-state index contributed by atoms with van der Waals surface area (Å²) in [4.78, 5) is 0. The predicted octanol–water partition coefficient (Wildman–Crippen LogP) is 2.46. The molecule has 0 N–H and O–H groups in total. The molecule has 12 heavy (non-hydrogen) atoms. The zero-order chi connectivity index (χ0) is 8.55. The van der Waals surface area contributed by atoms with E-state index in [1.165, 1.54) is 0 Å². The van der Waals surface area contributed by atoms with E-state index >= 15 is 0 Å². The quantitative estimate of drug-likeness (QED) is 0.689. The molecule has 0 atom stereocenters. The molecule has 0 unspecified atom stereocenters. The molecule has 0 saturated carbocycles. The van der Waals surface area contributed by atoms with Crippen LogP contribution in [0.1, 0.15) is 5.69 Å². The number of nitriles is 1. The van der Waals surface area contributed by atoms with Crippen molar-refractivity contribution >= 4 is 26.9 Å². The van der Waals surface area contributed by atoms with Gasteiger partial charge >= 0.3 is 0 Å². The molecule has 4 heteroatoms. The Morgan fingerprint density at radius 1 is 1.50 bits per heavy atom. The number of hydrogen-bond acceptors (Lipinski definition) is 3. The first-order chi connectivity index (χ1) is 5.81. The van der Waals surface area contributed by atoms with E-state index < -0.39 is 0 Å². The average Bonchev–Trinajstić information content (AvgIpc) is 2.46. The molecule has 0 amide bonds. The van der Waals surface area contributed by atoms with Crippen molar-refractivity contribution in [3.05, 3.63) is 28.4 Å². The molecule has 3 nitrogen and oxygen atoms in total. The highest BCUT2D eigenvalue weighted by Gasteiger charge is 2.06. The largest absolute Gasteiger partial charge is 0.355 e. The topological polar surface area (TPSA) is 49.8 Å². The number of benzene rings is 1. The fourth-order valence-electron chi connectivity index (χ4n) is 0.991.